The Labute approximate surface area is 148 Å². The summed E-state index contributed by atoms with van der Waals surface area (Å²) >= 11 is 0. The van der Waals surface area contributed by atoms with Gasteiger partial charge in [-0.05, 0) is 44.9 Å². The lowest BCUT2D eigenvalue weighted by molar-refractivity contribution is -0.120. The van der Waals surface area contributed by atoms with E-state index in [4.69, 9.17) is 0 Å². The van der Waals surface area contributed by atoms with Crippen molar-refractivity contribution in [3.8, 4) is 0 Å². The third-order valence-corrected chi connectivity index (χ3v) is 6.24. The molecule has 1 heterocycles. The normalized spacial score (nSPS) is 18.6. The molecule has 0 aromatic heterocycles. The van der Waals surface area contributed by atoms with Gasteiger partial charge >= 0.3 is 0 Å². The van der Waals surface area contributed by atoms with Gasteiger partial charge in [0, 0.05) is 24.7 Å². The third-order valence-electron chi connectivity index (χ3n) is 4.23. The van der Waals surface area contributed by atoms with Gasteiger partial charge in [-0.2, -0.15) is 4.31 Å². The molecular weight excluding hydrogens is 342 g/mol. The van der Waals surface area contributed by atoms with Gasteiger partial charge in [0.15, 0.2) is 0 Å². The van der Waals surface area contributed by atoms with Gasteiger partial charge in [-0.25, -0.2) is 8.42 Å². The Morgan fingerprint density at radius 3 is 2.68 bits per heavy atom. The van der Waals surface area contributed by atoms with Crippen LogP contribution in [0.25, 0.3) is 0 Å². The fourth-order valence-electron chi connectivity index (χ4n) is 2.88. The lowest BCUT2D eigenvalue weighted by Gasteiger charge is -2.32. The first-order chi connectivity index (χ1) is 11.9. The van der Waals surface area contributed by atoms with Crippen LogP contribution in [0.2, 0.25) is 0 Å². The highest BCUT2D eigenvalue weighted by molar-refractivity contribution is 7.89. The van der Waals surface area contributed by atoms with E-state index in [1.807, 2.05) is 6.92 Å². The lowest BCUT2D eigenvalue weighted by Crippen LogP contribution is -2.42. The van der Waals surface area contributed by atoms with Gasteiger partial charge in [0.05, 0.1) is 11.4 Å². The molecule has 1 saturated heterocycles. The molecule has 2 rings (SSSR count). The standard InChI is InChI=1S/C17H25N3O4S/c1-3-18-16(21)12-19-17(22)14-8-6-9-15(11-14)25(23,24)20-10-5-4-7-13(20)2/h6,8-9,11,13H,3-5,7,10,12H2,1-2H3,(H,18,21)(H,19,22)/t13-/m1/s1. The Hall–Kier alpha value is -1.93. The number of carbonyl (C=O) groups is 2. The molecule has 8 heteroatoms. The molecular formula is C17H25N3O4S. The molecule has 25 heavy (non-hydrogen) atoms. The largest absolute Gasteiger partial charge is 0.355 e. The second kappa shape index (κ2) is 8.44. The number of hydrogen-bond donors (Lipinski definition) is 2. The van der Waals surface area contributed by atoms with E-state index in [9.17, 15) is 18.0 Å². The minimum absolute atomic E-state index is 0.0472. The van der Waals surface area contributed by atoms with Crippen LogP contribution in [0.15, 0.2) is 29.2 Å². The van der Waals surface area contributed by atoms with Crippen molar-refractivity contribution in [2.24, 2.45) is 0 Å². The number of nitrogens with one attached hydrogen (secondary N) is 2. The molecule has 1 aromatic carbocycles. The molecule has 138 valence electrons. The van der Waals surface area contributed by atoms with Crippen LogP contribution in [0.1, 0.15) is 43.5 Å². The summed E-state index contributed by atoms with van der Waals surface area (Å²) in [4.78, 5) is 23.7. The van der Waals surface area contributed by atoms with Crippen LogP contribution >= 0.6 is 0 Å². The highest BCUT2D eigenvalue weighted by atomic mass is 32.2. The Bertz CT molecular complexity index is 733. The average Bonchev–Trinajstić information content (AvgIpc) is 2.60. The predicted octanol–water partition coefficient (Wildman–Crippen LogP) is 1.12. The molecule has 1 aromatic rings. The summed E-state index contributed by atoms with van der Waals surface area (Å²) in [5.41, 5.74) is 0.218. The summed E-state index contributed by atoms with van der Waals surface area (Å²) in [5.74, 6) is -0.767. The maximum atomic E-state index is 12.9. The molecule has 0 bridgehead atoms. The van der Waals surface area contributed by atoms with E-state index in [0.717, 1.165) is 19.3 Å². The van der Waals surface area contributed by atoms with Crippen LogP contribution in [0.3, 0.4) is 0 Å². The van der Waals surface area contributed by atoms with Crippen molar-refractivity contribution in [3.63, 3.8) is 0 Å². The molecule has 0 saturated carbocycles. The Balaban J connectivity index is 2.14. The lowest BCUT2D eigenvalue weighted by atomic mass is 10.1. The molecule has 0 radical (unpaired) electrons. The number of rotatable bonds is 6. The van der Waals surface area contributed by atoms with E-state index in [1.165, 1.54) is 22.5 Å². The van der Waals surface area contributed by atoms with Crippen molar-refractivity contribution in [3.05, 3.63) is 29.8 Å². The molecule has 0 spiro atoms. The topological polar surface area (TPSA) is 95.6 Å². The summed E-state index contributed by atoms with van der Waals surface area (Å²) in [5, 5.41) is 5.07. The summed E-state index contributed by atoms with van der Waals surface area (Å²) in [6.45, 7) is 4.52. The second-order valence-corrected chi connectivity index (χ2v) is 8.02. The Morgan fingerprint density at radius 1 is 1.24 bits per heavy atom. The highest BCUT2D eigenvalue weighted by Gasteiger charge is 2.31. The number of benzene rings is 1. The van der Waals surface area contributed by atoms with Gasteiger partial charge < -0.3 is 10.6 Å². The fraction of sp³-hybridized carbons (Fsp3) is 0.529. The minimum Gasteiger partial charge on any atom is -0.355 e. The van der Waals surface area contributed by atoms with Crippen molar-refractivity contribution in [1.29, 1.82) is 0 Å². The molecule has 2 N–H and O–H groups in total. The zero-order valence-corrected chi connectivity index (χ0v) is 15.4. The van der Waals surface area contributed by atoms with Crippen LogP contribution in [-0.2, 0) is 14.8 Å². The number of piperidine rings is 1. The molecule has 2 amide bonds. The number of sulfonamides is 1. The summed E-state index contributed by atoms with van der Waals surface area (Å²) in [7, 11) is -3.63. The van der Waals surface area contributed by atoms with Gasteiger partial charge in [0.25, 0.3) is 5.91 Å². The molecule has 1 aliphatic heterocycles. The van der Waals surface area contributed by atoms with E-state index in [0.29, 0.717) is 13.1 Å². The van der Waals surface area contributed by atoms with Gasteiger partial charge in [-0.3, -0.25) is 9.59 Å². The van der Waals surface area contributed by atoms with Gasteiger partial charge in [-0.15, -0.1) is 0 Å². The quantitative estimate of drug-likeness (QED) is 0.787. The van der Waals surface area contributed by atoms with E-state index in [-0.39, 0.29) is 29.0 Å². The minimum atomic E-state index is -3.63. The SMILES string of the molecule is CCNC(=O)CNC(=O)c1cccc(S(=O)(=O)N2CCCC[C@H]2C)c1. The van der Waals surface area contributed by atoms with Crippen molar-refractivity contribution in [2.75, 3.05) is 19.6 Å². The fourth-order valence-corrected chi connectivity index (χ4v) is 4.63. The molecule has 1 atom stereocenters. The predicted molar refractivity (Wildman–Crippen MR) is 94.7 cm³/mol. The van der Waals surface area contributed by atoms with E-state index >= 15 is 0 Å². The van der Waals surface area contributed by atoms with Crippen molar-refractivity contribution < 1.29 is 18.0 Å². The van der Waals surface area contributed by atoms with Gasteiger partial charge in [0.2, 0.25) is 15.9 Å². The van der Waals surface area contributed by atoms with Crippen LogP contribution < -0.4 is 10.6 Å². The first kappa shape index (κ1) is 19.4. The first-order valence-corrected chi connectivity index (χ1v) is 9.97. The van der Waals surface area contributed by atoms with E-state index < -0.39 is 15.9 Å². The zero-order chi connectivity index (χ0) is 18.4. The van der Waals surface area contributed by atoms with E-state index in [1.54, 1.807) is 13.0 Å². The Kier molecular flexibility index (Phi) is 6.55. The first-order valence-electron chi connectivity index (χ1n) is 8.53. The van der Waals surface area contributed by atoms with Crippen LogP contribution in [0.4, 0.5) is 0 Å². The second-order valence-electron chi connectivity index (χ2n) is 6.12. The van der Waals surface area contributed by atoms with Gasteiger partial charge in [0.1, 0.15) is 0 Å². The molecule has 1 aliphatic rings. The van der Waals surface area contributed by atoms with Gasteiger partial charge in [-0.1, -0.05) is 12.5 Å². The molecule has 7 nitrogen and oxygen atoms in total. The monoisotopic (exact) mass is 367 g/mol. The number of hydrogen-bond acceptors (Lipinski definition) is 4. The highest BCUT2D eigenvalue weighted by Crippen LogP contribution is 2.25. The molecule has 0 unspecified atom stereocenters. The zero-order valence-electron chi connectivity index (χ0n) is 14.6. The van der Waals surface area contributed by atoms with Crippen LogP contribution in [0.5, 0.6) is 0 Å². The smallest absolute Gasteiger partial charge is 0.251 e. The molecule has 1 fully saturated rings. The summed E-state index contributed by atoms with van der Waals surface area (Å²) in [6, 6.07) is 5.89. The van der Waals surface area contributed by atoms with Crippen LogP contribution in [0, 0.1) is 0 Å². The average molecular weight is 367 g/mol. The van der Waals surface area contributed by atoms with Crippen molar-refractivity contribution >= 4 is 21.8 Å². The Morgan fingerprint density at radius 2 is 2.00 bits per heavy atom. The summed E-state index contributed by atoms with van der Waals surface area (Å²) in [6.07, 6.45) is 2.71. The summed E-state index contributed by atoms with van der Waals surface area (Å²) < 4.78 is 27.2. The molecule has 0 aliphatic carbocycles. The van der Waals surface area contributed by atoms with E-state index in [2.05, 4.69) is 10.6 Å². The number of likely N-dealkylation sites (N-methyl/N-ethyl adjacent to an activating group) is 1. The van der Waals surface area contributed by atoms with Crippen molar-refractivity contribution in [2.45, 2.75) is 44.0 Å². The van der Waals surface area contributed by atoms with Crippen LogP contribution in [-0.4, -0.2) is 50.2 Å². The maximum absolute atomic E-state index is 12.9. The number of nitrogens with zero attached hydrogens (tertiary/aromatic N) is 1. The maximum Gasteiger partial charge on any atom is 0.251 e. The van der Waals surface area contributed by atoms with Crippen molar-refractivity contribution in [1.82, 2.24) is 14.9 Å². The number of carbonyl (C=O) groups excluding carboxylic acids is 2. The number of amides is 2. The third kappa shape index (κ3) is 4.79.